The molecule has 1 saturated heterocycles. The number of piperidine rings is 1. The molecule has 0 saturated carbocycles. The lowest BCUT2D eigenvalue weighted by Gasteiger charge is -2.34. The lowest BCUT2D eigenvalue weighted by atomic mass is 10.1. The summed E-state index contributed by atoms with van der Waals surface area (Å²) in [5, 5.41) is 2.85. The number of hydrogen-bond donors (Lipinski definition) is 1. The van der Waals surface area contributed by atoms with Crippen LogP contribution in [0.15, 0.2) is 18.3 Å². The number of hydrogen-bond acceptors (Lipinski definition) is 4. The van der Waals surface area contributed by atoms with Crippen molar-refractivity contribution >= 4 is 6.09 Å². The van der Waals surface area contributed by atoms with Crippen molar-refractivity contribution in [2.75, 3.05) is 19.6 Å². The van der Waals surface area contributed by atoms with Gasteiger partial charge in [-0.05, 0) is 44.8 Å². The Balaban J connectivity index is 1.77. The number of aromatic nitrogens is 1. The van der Waals surface area contributed by atoms with Crippen LogP contribution in [-0.4, -0.2) is 41.7 Å². The van der Waals surface area contributed by atoms with E-state index in [2.05, 4.69) is 22.1 Å². The van der Waals surface area contributed by atoms with Gasteiger partial charge >= 0.3 is 6.09 Å². The summed E-state index contributed by atoms with van der Waals surface area (Å²) < 4.78 is 5.17. The van der Waals surface area contributed by atoms with Crippen molar-refractivity contribution in [3.8, 4) is 5.88 Å². The minimum atomic E-state index is -0.429. The standard InChI is InChI=1S/C16H25N3O2/c1-3-14(19-9-5-4-6-10-19)12-18-16(20)21-15-8-7-13(2)11-17-15/h7-8,11,14H,3-6,9-10,12H2,1-2H3,(H,18,20). The fraction of sp³-hybridized carbons (Fsp3) is 0.625. The SMILES string of the molecule is CCC(CNC(=O)Oc1ccc(C)cn1)N1CCCCC1. The number of ether oxygens (including phenoxy) is 1. The zero-order valence-electron chi connectivity index (χ0n) is 13.0. The first-order valence-electron chi connectivity index (χ1n) is 7.81. The first-order chi connectivity index (χ1) is 10.2. The van der Waals surface area contributed by atoms with E-state index in [1.165, 1.54) is 19.3 Å². The normalized spacial score (nSPS) is 17.2. The Morgan fingerprint density at radius 3 is 2.76 bits per heavy atom. The van der Waals surface area contributed by atoms with Gasteiger partial charge in [0.2, 0.25) is 5.88 Å². The molecule has 0 bridgehead atoms. The molecule has 1 amide bonds. The van der Waals surface area contributed by atoms with E-state index >= 15 is 0 Å². The molecule has 5 heteroatoms. The number of carbonyl (C=O) groups is 1. The minimum Gasteiger partial charge on any atom is -0.391 e. The summed E-state index contributed by atoms with van der Waals surface area (Å²) in [7, 11) is 0. The van der Waals surface area contributed by atoms with Crippen LogP contribution in [0.5, 0.6) is 5.88 Å². The van der Waals surface area contributed by atoms with Crippen LogP contribution in [0.3, 0.4) is 0 Å². The van der Waals surface area contributed by atoms with Crippen molar-refractivity contribution in [2.24, 2.45) is 0 Å². The number of aryl methyl sites for hydroxylation is 1. The molecular formula is C16H25N3O2. The van der Waals surface area contributed by atoms with E-state index in [1.54, 1.807) is 12.3 Å². The lowest BCUT2D eigenvalue weighted by molar-refractivity contribution is 0.150. The van der Waals surface area contributed by atoms with Gasteiger partial charge in [0, 0.05) is 24.8 Å². The van der Waals surface area contributed by atoms with Gasteiger partial charge < -0.3 is 10.1 Å². The van der Waals surface area contributed by atoms with Crippen molar-refractivity contribution in [3.63, 3.8) is 0 Å². The van der Waals surface area contributed by atoms with Gasteiger partial charge in [-0.25, -0.2) is 9.78 Å². The fourth-order valence-corrected chi connectivity index (χ4v) is 2.66. The molecule has 1 N–H and O–H groups in total. The first-order valence-corrected chi connectivity index (χ1v) is 7.81. The molecule has 0 aliphatic carbocycles. The van der Waals surface area contributed by atoms with E-state index in [9.17, 15) is 4.79 Å². The Bertz CT molecular complexity index is 441. The molecule has 116 valence electrons. The number of nitrogens with one attached hydrogen (secondary N) is 1. The highest BCUT2D eigenvalue weighted by Crippen LogP contribution is 2.14. The van der Waals surface area contributed by atoms with Crippen LogP contribution in [0.2, 0.25) is 0 Å². The molecule has 1 aromatic heterocycles. The third-order valence-electron chi connectivity index (χ3n) is 3.94. The zero-order valence-corrected chi connectivity index (χ0v) is 13.0. The molecule has 2 rings (SSSR count). The summed E-state index contributed by atoms with van der Waals surface area (Å²) in [5.74, 6) is 0.337. The number of amides is 1. The monoisotopic (exact) mass is 291 g/mol. The van der Waals surface area contributed by atoms with Gasteiger partial charge in [0.25, 0.3) is 0 Å². The van der Waals surface area contributed by atoms with Gasteiger partial charge in [-0.15, -0.1) is 0 Å². The minimum absolute atomic E-state index is 0.337. The smallest absolute Gasteiger partial charge is 0.391 e. The summed E-state index contributed by atoms with van der Waals surface area (Å²) in [4.78, 5) is 18.3. The predicted molar refractivity (Wildman–Crippen MR) is 82.5 cm³/mol. The van der Waals surface area contributed by atoms with Gasteiger partial charge in [-0.2, -0.15) is 0 Å². The molecule has 1 aromatic rings. The summed E-state index contributed by atoms with van der Waals surface area (Å²) in [5.41, 5.74) is 1.04. The van der Waals surface area contributed by atoms with E-state index in [4.69, 9.17) is 4.74 Å². The quantitative estimate of drug-likeness (QED) is 0.906. The third-order valence-corrected chi connectivity index (χ3v) is 3.94. The van der Waals surface area contributed by atoms with Crippen molar-refractivity contribution in [1.82, 2.24) is 15.2 Å². The van der Waals surface area contributed by atoms with Crippen molar-refractivity contribution in [1.29, 1.82) is 0 Å². The van der Waals surface area contributed by atoms with E-state index in [-0.39, 0.29) is 0 Å². The van der Waals surface area contributed by atoms with Crippen molar-refractivity contribution in [2.45, 2.75) is 45.6 Å². The van der Waals surface area contributed by atoms with E-state index in [0.29, 0.717) is 18.5 Å². The van der Waals surface area contributed by atoms with Crippen LogP contribution >= 0.6 is 0 Å². The molecule has 1 aliphatic heterocycles. The number of carbonyl (C=O) groups excluding carboxylic acids is 1. The maximum absolute atomic E-state index is 11.8. The summed E-state index contributed by atoms with van der Waals surface area (Å²) >= 11 is 0. The van der Waals surface area contributed by atoms with Crippen LogP contribution in [0.4, 0.5) is 4.79 Å². The molecule has 2 heterocycles. The number of nitrogens with zero attached hydrogens (tertiary/aromatic N) is 2. The molecule has 5 nitrogen and oxygen atoms in total. The summed E-state index contributed by atoms with van der Waals surface area (Å²) in [6.07, 6.45) is 6.12. The molecule has 1 unspecified atom stereocenters. The Morgan fingerprint density at radius 2 is 2.14 bits per heavy atom. The maximum atomic E-state index is 11.8. The summed E-state index contributed by atoms with van der Waals surface area (Å²) in [6.45, 7) is 7.00. The van der Waals surface area contributed by atoms with Crippen LogP contribution in [0, 0.1) is 6.92 Å². The van der Waals surface area contributed by atoms with Gasteiger partial charge in [-0.3, -0.25) is 4.90 Å². The van der Waals surface area contributed by atoms with E-state index in [0.717, 1.165) is 25.1 Å². The molecule has 1 aliphatic rings. The second-order valence-corrected chi connectivity index (χ2v) is 5.60. The number of pyridine rings is 1. The lowest BCUT2D eigenvalue weighted by Crippen LogP contribution is -2.46. The van der Waals surface area contributed by atoms with E-state index < -0.39 is 6.09 Å². The van der Waals surface area contributed by atoms with Crippen molar-refractivity contribution in [3.05, 3.63) is 23.9 Å². The Labute approximate surface area is 126 Å². The van der Waals surface area contributed by atoms with Gasteiger partial charge in [0.1, 0.15) is 0 Å². The molecule has 21 heavy (non-hydrogen) atoms. The van der Waals surface area contributed by atoms with Crippen LogP contribution in [-0.2, 0) is 0 Å². The average molecular weight is 291 g/mol. The average Bonchev–Trinajstić information content (AvgIpc) is 2.51. The highest BCUT2D eigenvalue weighted by Gasteiger charge is 2.19. The molecule has 0 spiro atoms. The highest BCUT2D eigenvalue weighted by atomic mass is 16.6. The highest BCUT2D eigenvalue weighted by molar-refractivity contribution is 5.69. The van der Waals surface area contributed by atoms with Crippen LogP contribution < -0.4 is 10.1 Å². The van der Waals surface area contributed by atoms with Gasteiger partial charge in [-0.1, -0.05) is 19.4 Å². The fourth-order valence-electron chi connectivity index (χ4n) is 2.66. The van der Waals surface area contributed by atoms with Crippen molar-refractivity contribution < 1.29 is 9.53 Å². The third kappa shape index (κ3) is 5.01. The Morgan fingerprint density at radius 1 is 1.38 bits per heavy atom. The Kier molecular flexibility index (Phi) is 5.99. The second-order valence-electron chi connectivity index (χ2n) is 5.60. The topological polar surface area (TPSA) is 54.5 Å². The molecule has 0 aromatic carbocycles. The molecular weight excluding hydrogens is 266 g/mol. The molecule has 1 fully saturated rings. The zero-order chi connectivity index (χ0) is 15.1. The first kappa shape index (κ1) is 15.8. The molecule has 0 radical (unpaired) electrons. The predicted octanol–water partition coefficient (Wildman–Crippen LogP) is 2.74. The largest absolute Gasteiger partial charge is 0.413 e. The maximum Gasteiger partial charge on any atom is 0.413 e. The van der Waals surface area contributed by atoms with Gasteiger partial charge in [0.05, 0.1) is 0 Å². The van der Waals surface area contributed by atoms with Gasteiger partial charge in [0.15, 0.2) is 0 Å². The Hall–Kier alpha value is -1.62. The van der Waals surface area contributed by atoms with E-state index in [1.807, 2.05) is 13.0 Å². The van der Waals surface area contributed by atoms with Crippen LogP contribution in [0.25, 0.3) is 0 Å². The molecule has 1 atom stereocenters. The number of rotatable bonds is 5. The second kappa shape index (κ2) is 7.98. The van der Waals surface area contributed by atoms with Crippen LogP contribution in [0.1, 0.15) is 38.2 Å². The summed E-state index contributed by atoms with van der Waals surface area (Å²) in [6, 6.07) is 3.97. The number of likely N-dealkylation sites (tertiary alicyclic amines) is 1.